The van der Waals surface area contributed by atoms with Gasteiger partial charge in [0, 0.05) is 43.9 Å². The number of aromatic nitrogens is 1. The largest absolute Gasteiger partial charge is 0.443 e. The lowest BCUT2D eigenvalue weighted by Crippen LogP contribution is -2.37. The molecule has 7 heteroatoms. The van der Waals surface area contributed by atoms with Crippen molar-refractivity contribution in [3.05, 3.63) is 96.0 Å². The zero-order valence-corrected chi connectivity index (χ0v) is 18.2. The van der Waals surface area contributed by atoms with Gasteiger partial charge in [0.25, 0.3) is 5.92 Å². The highest BCUT2D eigenvalue weighted by atomic mass is 19.3. The Labute approximate surface area is 181 Å². The third-order valence-corrected chi connectivity index (χ3v) is 5.04. The van der Waals surface area contributed by atoms with Gasteiger partial charge in [-0.1, -0.05) is 31.4 Å². The van der Waals surface area contributed by atoms with E-state index in [0.717, 1.165) is 23.9 Å². The minimum Gasteiger partial charge on any atom is -0.443 e. The predicted molar refractivity (Wildman–Crippen MR) is 118 cm³/mol. The highest BCUT2D eigenvalue weighted by Crippen LogP contribution is 2.33. The predicted octanol–water partition coefficient (Wildman–Crippen LogP) is 5.65. The molecule has 0 N–H and O–H groups in total. The summed E-state index contributed by atoms with van der Waals surface area (Å²) in [7, 11) is 1.89. The van der Waals surface area contributed by atoms with E-state index in [1.807, 2.05) is 42.0 Å². The Morgan fingerprint density at radius 2 is 1.94 bits per heavy atom. The van der Waals surface area contributed by atoms with E-state index in [4.69, 9.17) is 4.74 Å². The van der Waals surface area contributed by atoms with Gasteiger partial charge >= 0.3 is 0 Å². The highest BCUT2D eigenvalue weighted by Gasteiger charge is 2.28. The molecule has 31 heavy (non-hydrogen) atoms. The third kappa shape index (κ3) is 4.99. The molecule has 0 bridgehead atoms. The topological polar surface area (TPSA) is 41.0 Å². The average Bonchev–Trinajstić information content (AvgIpc) is 2.73. The molecular weight excluding hydrogens is 398 g/mol. The molecule has 0 saturated heterocycles. The summed E-state index contributed by atoms with van der Waals surface area (Å²) in [5.74, 6) is -1.04. The Balaban J connectivity index is 1.94. The van der Waals surface area contributed by atoms with Crippen LogP contribution in [0.15, 0.2) is 89.7 Å². The van der Waals surface area contributed by atoms with Gasteiger partial charge in [-0.05, 0) is 31.2 Å². The van der Waals surface area contributed by atoms with Crippen LogP contribution in [-0.4, -0.2) is 27.7 Å². The molecule has 162 valence electrons. The van der Waals surface area contributed by atoms with Crippen LogP contribution in [0.4, 0.5) is 8.78 Å². The molecule has 0 atom stereocenters. The van der Waals surface area contributed by atoms with Crippen molar-refractivity contribution in [3.63, 3.8) is 0 Å². The van der Waals surface area contributed by atoms with Crippen LogP contribution in [0.25, 0.3) is 0 Å². The summed E-state index contributed by atoms with van der Waals surface area (Å²) in [5.41, 5.74) is 2.34. The molecule has 1 aromatic heterocycles. The minimum atomic E-state index is -2.95. The number of likely N-dealkylation sites (N-methyl/N-ethyl adjacent to an activating group) is 1. The molecule has 1 aromatic carbocycles. The van der Waals surface area contributed by atoms with Crippen molar-refractivity contribution < 1.29 is 13.5 Å². The lowest BCUT2D eigenvalue weighted by molar-refractivity contribution is 0.0173. The summed E-state index contributed by atoms with van der Waals surface area (Å²) < 4.78 is 33.1. The maximum Gasteiger partial charge on any atom is 0.270 e. The molecule has 2 aromatic rings. The molecule has 0 spiro atoms. The molecule has 0 aliphatic carbocycles. The van der Waals surface area contributed by atoms with Crippen molar-refractivity contribution in [2.45, 2.75) is 33.2 Å². The number of hydrogen-bond acceptors (Lipinski definition) is 5. The quantitative estimate of drug-likeness (QED) is 0.459. The molecular formula is C24H26F2N4O. The first-order valence-corrected chi connectivity index (χ1v) is 9.79. The fourth-order valence-corrected chi connectivity index (χ4v) is 3.18. The molecule has 0 radical (unpaired) electrons. The van der Waals surface area contributed by atoms with Crippen LogP contribution in [0, 0.1) is 0 Å². The van der Waals surface area contributed by atoms with Gasteiger partial charge in [-0.2, -0.15) is 4.99 Å². The minimum absolute atomic E-state index is 0.119. The van der Waals surface area contributed by atoms with E-state index in [0.29, 0.717) is 29.8 Å². The average molecular weight is 424 g/mol. The zero-order chi connectivity index (χ0) is 22.8. The maximum absolute atomic E-state index is 13.6. The third-order valence-electron chi connectivity index (χ3n) is 5.04. The molecule has 0 amide bonds. The summed E-state index contributed by atoms with van der Waals surface area (Å²) >= 11 is 0. The summed E-state index contributed by atoms with van der Waals surface area (Å²) in [6.45, 7) is 13.2. The van der Waals surface area contributed by atoms with Gasteiger partial charge in [0.05, 0.1) is 12.2 Å². The molecule has 1 aliphatic rings. The number of ether oxygens (including phenoxy) is 1. The van der Waals surface area contributed by atoms with Crippen molar-refractivity contribution in [3.8, 4) is 5.75 Å². The number of pyridine rings is 1. The van der Waals surface area contributed by atoms with E-state index < -0.39 is 5.92 Å². The fourth-order valence-electron chi connectivity index (χ4n) is 3.18. The lowest BCUT2D eigenvalue weighted by atomic mass is 10.1. The summed E-state index contributed by atoms with van der Waals surface area (Å²) in [6.07, 6.45) is 1.73. The zero-order valence-electron chi connectivity index (χ0n) is 18.2. The number of benzene rings is 1. The van der Waals surface area contributed by atoms with E-state index in [2.05, 4.69) is 23.1 Å². The lowest BCUT2D eigenvalue weighted by Gasteiger charge is -2.39. The number of nitrogens with zero attached hydrogens (tertiary/aromatic N) is 4. The molecule has 0 saturated carbocycles. The van der Waals surface area contributed by atoms with Crippen LogP contribution in [0.3, 0.4) is 0 Å². The van der Waals surface area contributed by atoms with Gasteiger partial charge < -0.3 is 14.5 Å². The molecule has 1 aliphatic heterocycles. The Kier molecular flexibility index (Phi) is 6.24. The Morgan fingerprint density at radius 3 is 2.58 bits per heavy atom. The highest BCUT2D eigenvalue weighted by molar-refractivity contribution is 5.77. The molecule has 5 nitrogen and oxygen atoms in total. The van der Waals surface area contributed by atoms with Gasteiger partial charge in [-0.25, -0.2) is 8.78 Å². The van der Waals surface area contributed by atoms with Crippen LogP contribution >= 0.6 is 0 Å². The van der Waals surface area contributed by atoms with Crippen LogP contribution in [0.1, 0.15) is 32.0 Å². The molecule has 2 heterocycles. The van der Waals surface area contributed by atoms with E-state index in [-0.39, 0.29) is 5.56 Å². The monoisotopic (exact) mass is 424 g/mol. The Bertz CT molecular complexity index is 1050. The first kappa shape index (κ1) is 22.2. The van der Waals surface area contributed by atoms with Gasteiger partial charge in [-0.15, -0.1) is 0 Å². The van der Waals surface area contributed by atoms with Gasteiger partial charge in [0.1, 0.15) is 17.4 Å². The van der Waals surface area contributed by atoms with Crippen molar-refractivity contribution in [2.75, 3.05) is 7.05 Å². The second kappa shape index (κ2) is 8.71. The van der Waals surface area contributed by atoms with Gasteiger partial charge in [-0.3, -0.25) is 4.98 Å². The summed E-state index contributed by atoms with van der Waals surface area (Å²) in [4.78, 5) is 12.9. The van der Waals surface area contributed by atoms with Gasteiger partial charge in [0.2, 0.25) is 0 Å². The Hall–Kier alpha value is -3.48. The normalized spacial score (nSPS) is 15.6. The van der Waals surface area contributed by atoms with Crippen molar-refractivity contribution in [1.82, 2.24) is 14.8 Å². The van der Waals surface area contributed by atoms with Crippen LogP contribution in [-0.2, 0) is 12.5 Å². The Morgan fingerprint density at radius 1 is 1.19 bits per heavy atom. The number of halogens is 2. The van der Waals surface area contributed by atoms with Gasteiger partial charge in [0.15, 0.2) is 5.90 Å². The SMILES string of the molecule is C=C1C(C)=C(/N=C(\C)Oc2cccc(C(C)(F)F)c2)N(Cc2ccccn2)C(=C)N1C. The van der Waals surface area contributed by atoms with E-state index in [1.54, 1.807) is 19.2 Å². The fraction of sp³-hybridized carbons (Fsp3) is 0.250. The van der Waals surface area contributed by atoms with Crippen molar-refractivity contribution in [2.24, 2.45) is 4.99 Å². The van der Waals surface area contributed by atoms with Crippen LogP contribution in [0.5, 0.6) is 5.75 Å². The first-order chi connectivity index (χ1) is 14.6. The second-order valence-electron chi connectivity index (χ2n) is 7.43. The number of rotatable bonds is 5. The van der Waals surface area contributed by atoms with E-state index >= 15 is 0 Å². The smallest absolute Gasteiger partial charge is 0.270 e. The standard InChI is InChI=1S/C24H26F2N4O/c1-16-17(2)29(6)19(4)30(15-21-11-7-8-13-27-21)23(16)28-18(3)31-22-12-9-10-20(14-22)24(5,25)26/h7-14H,2,4,15H2,1,3,5-6H3/b28-18+. The number of allylic oxidation sites excluding steroid dienone is 1. The number of alkyl halides is 2. The van der Waals surface area contributed by atoms with Crippen LogP contribution < -0.4 is 4.74 Å². The maximum atomic E-state index is 13.6. The van der Waals surface area contributed by atoms with E-state index in [9.17, 15) is 8.78 Å². The molecule has 3 rings (SSSR count). The summed E-state index contributed by atoms with van der Waals surface area (Å²) in [6, 6.07) is 11.5. The first-order valence-electron chi connectivity index (χ1n) is 9.79. The number of hydrogen-bond donors (Lipinski definition) is 0. The second-order valence-corrected chi connectivity index (χ2v) is 7.43. The van der Waals surface area contributed by atoms with Crippen LogP contribution in [0.2, 0.25) is 0 Å². The van der Waals surface area contributed by atoms with Crippen molar-refractivity contribution >= 4 is 5.90 Å². The molecule has 0 fully saturated rings. The molecule has 0 unspecified atom stereocenters. The van der Waals surface area contributed by atoms with Crippen molar-refractivity contribution in [1.29, 1.82) is 0 Å². The number of aliphatic imine (C=N–C) groups is 1. The summed E-state index contributed by atoms with van der Waals surface area (Å²) in [5, 5.41) is 0. The van der Waals surface area contributed by atoms with E-state index in [1.165, 1.54) is 18.2 Å².